The van der Waals surface area contributed by atoms with Crippen molar-refractivity contribution in [3.63, 3.8) is 0 Å². The molecule has 40 heavy (non-hydrogen) atoms. The van der Waals surface area contributed by atoms with Crippen molar-refractivity contribution in [1.29, 1.82) is 0 Å². The van der Waals surface area contributed by atoms with Gasteiger partial charge in [-0.1, -0.05) is 30.3 Å². The molecule has 0 N–H and O–H groups in total. The molecule has 208 valence electrons. The summed E-state index contributed by atoms with van der Waals surface area (Å²) >= 11 is 6.90. The quantitative estimate of drug-likeness (QED) is 0.342. The van der Waals surface area contributed by atoms with Crippen LogP contribution in [0.25, 0.3) is 32.9 Å². The molecule has 0 aliphatic carbocycles. The van der Waals surface area contributed by atoms with E-state index in [1.807, 2.05) is 40.2 Å². The topological polar surface area (TPSA) is 73.6 Å². The molecule has 0 radical (unpaired) electrons. The fraction of sp³-hybridized carbons (Fsp3) is 0.379. The zero-order valence-corrected chi connectivity index (χ0v) is 23.9. The summed E-state index contributed by atoms with van der Waals surface area (Å²) in [6, 6.07) is 6.10. The van der Waals surface area contributed by atoms with E-state index in [2.05, 4.69) is 26.4 Å². The number of amides is 1. The van der Waals surface area contributed by atoms with Crippen molar-refractivity contribution in [3.8, 4) is 11.1 Å². The minimum atomic E-state index is -0.477. The highest BCUT2D eigenvalue weighted by atomic mass is 35.5. The third-order valence-electron chi connectivity index (χ3n) is 8.15. The van der Waals surface area contributed by atoms with Gasteiger partial charge in [0.1, 0.15) is 11.3 Å². The lowest BCUT2D eigenvalue weighted by molar-refractivity contribution is -0.126. The van der Waals surface area contributed by atoms with E-state index in [0.29, 0.717) is 60.5 Å². The number of nitrogens with zero attached hydrogens (tertiary/aromatic N) is 8. The van der Waals surface area contributed by atoms with Crippen molar-refractivity contribution in [2.75, 3.05) is 63.2 Å². The van der Waals surface area contributed by atoms with Crippen LogP contribution in [0.5, 0.6) is 0 Å². The van der Waals surface area contributed by atoms with Crippen molar-refractivity contribution in [1.82, 2.24) is 29.5 Å². The van der Waals surface area contributed by atoms with Crippen molar-refractivity contribution in [2.24, 2.45) is 7.05 Å². The summed E-state index contributed by atoms with van der Waals surface area (Å²) in [4.78, 5) is 30.0. The van der Waals surface area contributed by atoms with Crippen LogP contribution in [0.2, 0.25) is 5.02 Å². The SMILES string of the molecule is C=CC(=O)N1CCN(c2nc(N3CC(N(C)C)C3)nc3c(F)c(-c4c(C)ccc5cnn(C)c45)c(Cl)cc23)CC1. The molecule has 2 saturated heterocycles. The summed E-state index contributed by atoms with van der Waals surface area (Å²) in [5, 5.41) is 6.15. The minimum Gasteiger partial charge on any atom is -0.352 e. The van der Waals surface area contributed by atoms with Crippen LogP contribution in [-0.4, -0.2) is 94.9 Å². The molecule has 0 saturated carbocycles. The highest BCUT2D eigenvalue weighted by molar-refractivity contribution is 6.35. The maximum Gasteiger partial charge on any atom is 0.246 e. The number of fused-ring (bicyclic) bond motifs is 2. The molecule has 2 aromatic carbocycles. The number of hydrogen-bond donors (Lipinski definition) is 0. The third kappa shape index (κ3) is 4.26. The van der Waals surface area contributed by atoms with Gasteiger partial charge in [-0.25, -0.2) is 9.37 Å². The Balaban J connectivity index is 1.52. The predicted molar refractivity (Wildman–Crippen MR) is 158 cm³/mol. The van der Waals surface area contributed by atoms with Crippen molar-refractivity contribution < 1.29 is 9.18 Å². The van der Waals surface area contributed by atoms with Crippen molar-refractivity contribution in [2.45, 2.75) is 13.0 Å². The zero-order valence-electron chi connectivity index (χ0n) is 23.2. The number of anilines is 2. The van der Waals surface area contributed by atoms with Gasteiger partial charge in [-0.2, -0.15) is 10.1 Å². The highest BCUT2D eigenvalue weighted by Crippen LogP contribution is 2.42. The molecule has 4 heterocycles. The Bertz CT molecular complexity index is 1650. The third-order valence-corrected chi connectivity index (χ3v) is 8.45. The molecule has 1 amide bonds. The fourth-order valence-electron chi connectivity index (χ4n) is 5.68. The van der Waals surface area contributed by atoms with Crippen molar-refractivity contribution in [3.05, 3.63) is 53.5 Å². The second-order valence-corrected chi connectivity index (χ2v) is 11.2. The number of hydrogen-bond acceptors (Lipinski definition) is 7. The highest BCUT2D eigenvalue weighted by Gasteiger charge is 2.33. The molecule has 0 bridgehead atoms. The Morgan fingerprint density at radius 3 is 2.52 bits per heavy atom. The van der Waals surface area contributed by atoms with Gasteiger partial charge in [-0.05, 0) is 38.7 Å². The second kappa shape index (κ2) is 10.0. The van der Waals surface area contributed by atoms with Crippen LogP contribution < -0.4 is 9.80 Å². The second-order valence-electron chi connectivity index (χ2n) is 10.8. The zero-order chi connectivity index (χ0) is 28.3. The van der Waals surface area contributed by atoms with Gasteiger partial charge in [0, 0.05) is 74.3 Å². The van der Waals surface area contributed by atoms with Gasteiger partial charge in [0.05, 0.1) is 16.7 Å². The number of carbonyl (C=O) groups excluding carboxylic acids is 1. The molecule has 2 aliphatic rings. The monoisotopic (exact) mass is 562 g/mol. The molecular weight excluding hydrogens is 531 g/mol. The average Bonchev–Trinajstić information content (AvgIpc) is 3.29. The van der Waals surface area contributed by atoms with Crippen LogP contribution in [0.4, 0.5) is 16.2 Å². The molecule has 2 fully saturated rings. The van der Waals surface area contributed by atoms with Crippen LogP contribution in [0.3, 0.4) is 0 Å². The van der Waals surface area contributed by atoms with Crippen LogP contribution in [0, 0.1) is 12.7 Å². The van der Waals surface area contributed by atoms with Crippen molar-refractivity contribution >= 4 is 51.1 Å². The van der Waals surface area contributed by atoms with Crippen LogP contribution in [0.1, 0.15) is 5.56 Å². The molecule has 0 spiro atoms. The van der Waals surface area contributed by atoms with Gasteiger partial charge in [0.25, 0.3) is 0 Å². The molecular formula is C29H32ClFN8O. The number of aryl methyl sites for hydroxylation is 2. The molecule has 2 aliphatic heterocycles. The first kappa shape index (κ1) is 26.5. The van der Waals surface area contributed by atoms with E-state index in [4.69, 9.17) is 21.6 Å². The van der Waals surface area contributed by atoms with E-state index in [0.717, 1.165) is 29.6 Å². The molecule has 2 aromatic heterocycles. The van der Waals surface area contributed by atoms with Gasteiger partial charge in [0.15, 0.2) is 5.82 Å². The average molecular weight is 563 g/mol. The van der Waals surface area contributed by atoms with E-state index in [1.54, 1.807) is 21.8 Å². The van der Waals surface area contributed by atoms with Gasteiger partial charge < -0.3 is 19.6 Å². The Morgan fingerprint density at radius 1 is 1.12 bits per heavy atom. The smallest absolute Gasteiger partial charge is 0.246 e. The van der Waals surface area contributed by atoms with E-state index in [9.17, 15) is 4.79 Å². The number of rotatable bonds is 5. The number of halogens is 2. The fourth-order valence-corrected chi connectivity index (χ4v) is 5.96. The lowest BCUT2D eigenvalue weighted by Crippen LogP contribution is -2.58. The molecule has 0 unspecified atom stereocenters. The number of aromatic nitrogens is 4. The first-order valence-corrected chi connectivity index (χ1v) is 13.7. The summed E-state index contributed by atoms with van der Waals surface area (Å²) in [5.41, 5.74) is 2.96. The normalized spacial score (nSPS) is 16.3. The largest absolute Gasteiger partial charge is 0.352 e. The van der Waals surface area contributed by atoms with Gasteiger partial charge in [0.2, 0.25) is 11.9 Å². The van der Waals surface area contributed by atoms with E-state index in [-0.39, 0.29) is 16.4 Å². The van der Waals surface area contributed by atoms with E-state index in [1.165, 1.54) is 6.08 Å². The molecule has 9 nitrogen and oxygen atoms in total. The minimum absolute atomic E-state index is 0.0957. The summed E-state index contributed by atoms with van der Waals surface area (Å²) in [7, 11) is 5.94. The van der Waals surface area contributed by atoms with Crippen LogP contribution >= 0.6 is 11.6 Å². The van der Waals surface area contributed by atoms with Crippen LogP contribution in [-0.2, 0) is 11.8 Å². The summed E-state index contributed by atoms with van der Waals surface area (Å²) in [6.07, 6.45) is 3.10. The summed E-state index contributed by atoms with van der Waals surface area (Å²) < 4.78 is 18.5. The first-order valence-electron chi connectivity index (χ1n) is 13.4. The first-order chi connectivity index (χ1) is 19.2. The van der Waals surface area contributed by atoms with E-state index < -0.39 is 5.82 Å². The number of benzene rings is 2. The Labute approximate surface area is 237 Å². The molecule has 6 rings (SSSR count). The summed E-state index contributed by atoms with van der Waals surface area (Å²) in [6.45, 7) is 9.22. The van der Waals surface area contributed by atoms with Gasteiger partial charge in [-0.15, -0.1) is 0 Å². The number of piperazine rings is 1. The molecule has 11 heteroatoms. The van der Waals surface area contributed by atoms with Gasteiger partial charge >= 0.3 is 0 Å². The lowest BCUT2D eigenvalue weighted by atomic mass is 9.96. The van der Waals surface area contributed by atoms with Gasteiger partial charge in [-0.3, -0.25) is 9.48 Å². The Hall–Kier alpha value is -3.76. The number of likely N-dealkylation sites (N-methyl/N-ethyl adjacent to an activating group) is 1. The van der Waals surface area contributed by atoms with Crippen LogP contribution in [0.15, 0.2) is 37.1 Å². The Kier molecular flexibility index (Phi) is 6.62. The standard InChI is InChI=1S/C29H32ClFN8O/c1-6-22(40)37-9-11-38(12-10-37)28-20-13-21(30)24(23-17(2)7-8-18-14-32-36(5)27(18)23)25(31)26(20)33-29(34-28)39-15-19(16-39)35(3)4/h6-8,13-14,19H,1,9-12,15-16H2,2-5H3. The molecule has 0 atom stereocenters. The lowest BCUT2D eigenvalue weighted by Gasteiger charge is -2.43. The Morgan fingerprint density at radius 2 is 1.85 bits per heavy atom. The van der Waals surface area contributed by atoms with E-state index >= 15 is 4.39 Å². The summed E-state index contributed by atoms with van der Waals surface area (Å²) in [5.74, 6) is 0.547. The predicted octanol–water partition coefficient (Wildman–Crippen LogP) is 3.87. The maximum atomic E-state index is 16.8. The number of carbonyl (C=O) groups is 1. The maximum absolute atomic E-state index is 16.8. The molecule has 4 aromatic rings.